The highest BCUT2D eigenvalue weighted by Gasteiger charge is 2.15. The number of nitrogens with one attached hydrogen (secondary N) is 3. The summed E-state index contributed by atoms with van der Waals surface area (Å²) in [5.41, 5.74) is 4.85. The molecule has 0 aliphatic heterocycles. The number of amides is 4. The molecular formula is C10H18N4O4. The van der Waals surface area contributed by atoms with Crippen LogP contribution in [0.15, 0.2) is 0 Å². The number of nitrogens with two attached hydrogens (primary N) is 1. The van der Waals surface area contributed by atoms with Crippen LogP contribution in [-0.4, -0.2) is 42.8 Å². The molecule has 0 aromatic carbocycles. The topological polar surface area (TPSA) is 130 Å². The quantitative estimate of drug-likeness (QED) is 0.406. The fourth-order valence-corrected chi connectivity index (χ4v) is 0.989. The molecule has 5 N–H and O–H groups in total. The van der Waals surface area contributed by atoms with Gasteiger partial charge in [0.2, 0.25) is 23.6 Å². The van der Waals surface area contributed by atoms with Gasteiger partial charge >= 0.3 is 0 Å². The highest BCUT2D eigenvalue weighted by molar-refractivity contribution is 5.91. The summed E-state index contributed by atoms with van der Waals surface area (Å²) in [4.78, 5) is 44.0. The third kappa shape index (κ3) is 7.20. The summed E-state index contributed by atoms with van der Waals surface area (Å²) >= 11 is 0. The molecule has 1 atom stereocenters. The SMILES string of the molecule is CCC(=O)NCC(=O)N[C@@H](C)C(=O)NCC(N)=O. The Balaban J connectivity index is 3.95. The molecule has 102 valence electrons. The van der Waals surface area contributed by atoms with E-state index in [1.54, 1.807) is 6.92 Å². The summed E-state index contributed by atoms with van der Waals surface area (Å²) < 4.78 is 0. The van der Waals surface area contributed by atoms with Crippen LogP contribution in [0.25, 0.3) is 0 Å². The van der Waals surface area contributed by atoms with Gasteiger partial charge in [0.15, 0.2) is 0 Å². The van der Waals surface area contributed by atoms with E-state index in [-0.39, 0.29) is 25.4 Å². The van der Waals surface area contributed by atoms with Gasteiger partial charge in [-0.05, 0) is 6.92 Å². The zero-order valence-electron chi connectivity index (χ0n) is 10.4. The average molecular weight is 258 g/mol. The van der Waals surface area contributed by atoms with E-state index in [4.69, 9.17) is 5.73 Å². The molecule has 18 heavy (non-hydrogen) atoms. The number of rotatable bonds is 7. The number of hydrogen-bond acceptors (Lipinski definition) is 4. The van der Waals surface area contributed by atoms with Gasteiger partial charge < -0.3 is 21.7 Å². The molecule has 8 nitrogen and oxygen atoms in total. The van der Waals surface area contributed by atoms with Crippen LogP contribution in [0.2, 0.25) is 0 Å². The van der Waals surface area contributed by atoms with Crippen molar-refractivity contribution in [3.8, 4) is 0 Å². The summed E-state index contributed by atoms with van der Waals surface area (Å²) in [6, 6.07) is -0.810. The van der Waals surface area contributed by atoms with Crippen LogP contribution in [0, 0.1) is 0 Å². The minimum atomic E-state index is -0.810. The number of carbonyl (C=O) groups excluding carboxylic acids is 4. The monoisotopic (exact) mass is 258 g/mol. The maximum Gasteiger partial charge on any atom is 0.242 e. The van der Waals surface area contributed by atoms with Gasteiger partial charge in [0.1, 0.15) is 6.04 Å². The van der Waals surface area contributed by atoms with Gasteiger partial charge in [0, 0.05) is 6.42 Å². The lowest BCUT2D eigenvalue weighted by molar-refractivity contribution is -0.130. The summed E-state index contributed by atoms with van der Waals surface area (Å²) in [5, 5.41) is 6.98. The minimum Gasteiger partial charge on any atom is -0.368 e. The van der Waals surface area contributed by atoms with Crippen molar-refractivity contribution in [3.63, 3.8) is 0 Å². The molecule has 0 spiro atoms. The van der Waals surface area contributed by atoms with E-state index in [9.17, 15) is 19.2 Å². The molecule has 0 radical (unpaired) electrons. The van der Waals surface area contributed by atoms with Crippen LogP contribution in [0.3, 0.4) is 0 Å². The summed E-state index contributed by atoms with van der Waals surface area (Å²) in [5.74, 6) is -1.93. The van der Waals surface area contributed by atoms with Crippen molar-refractivity contribution in [1.82, 2.24) is 16.0 Å². The highest BCUT2D eigenvalue weighted by atomic mass is 16.2. The van der Waals surface area contributed by atoms with Crippen molar-refractivity contribution in [2.75, 3.05) is 13.1 Å². The second kappa shape index (κ2) is 8.04. The molecule has 8 heteroatoms. The van der Waals surface area contributed by atoms with Gasteiger partial charge in [-0.2, -0.15) is 0 Å². The third-order valence-electron chi connectivity index (χ3n) is 1.97. The normalized spacial score (nSPS) is 11.2. The van der Waals surface area contributed by atoms with E-state index in [1.165, 1.54) is 6.92 Å². The van der Waals surface area contributed by atoms with E-state index in [0.29, 0.717) is 0 Å². The molecule has 0 heterocycles. The fraction of sp³-hybridized carbons (Fsp3) is 0.600. The van der Waals surface area contributed by atoms with Gasteiger partial charge in [-0.15, -0.1) is 0 Å². The first kappa shape index (κ1) is 15.9. The largest absolute Gasteiger partial charge is 0.368 e. The van der Waals surface area contributed by atoms with Crippen molar-refractivity contribution < 1.29 is 19.2 Å². The Hall–Kier alpha value is -2.12. The molecule has 0 aliphatic rings. The Kier molecular flexibility index (Phi) is 7.10. The van der Waals surface area contributed by atoms with E-state index < -0.39 is 23.8 Å². The highest BCUT2D eigenvalue weighted by Crippen LogP contribution is 1.82. The molecule has 0 saturated heterocycles. The fourth-order valence-electron chi connectivity index (χ4n) is 0.989. The first-order valence-corrected chi connectivity index (χ1v) is 5.48. The average Bonchev–Trinajstić information content (AvgIpc) is 2.32. The van der Waals surface area contributed by atoms with Crippen molar-refractivity contribution in [1.29, 1.82) is 0 Å². The Morgan fingerprint density at radius 3 is 2.17 bits per heavy atom. The third-order valence-corrected chi connectivity index (χ3v) is 1.97. The van der Waals surface area contributed by atoms with Gasteiger partial charge in [0.05, 0.1) is 13.1 Å². The lowest BCUT2D eigenvalue weighted by Crippen LogP contribution is -2.49. The molecule has 0 aromatic rings. The van der Waals surface area contributed by atoms with Crippen molar-refractivity contribution >= 4 is 23.6 Å². The van der Waals surface area contributed by atoms with Crippen LogP contribution in [0.5, 0.6) is 0 Å². The van der Waals surface area contributed by atoms with Crippen LogP contribution >= 0.6 is 0 Å². The van der Waals surface area contributed by atoms with Gasteiger partial charge in [-0.3, -0.25) is 19.2 Å². The second-order valence-electron chi connectivity index (χ2n) is 3.60. The first-order chi connectivity index (χ1) is 8.36. The molecule has 4 amide bonds. The van der Waals surface area contributed by atoms with Crippen LogP contribution < -0.4 is 21.7 Å². The van der Waals surface area contributed by atoms with Gasteiger partial charge in [-0.1, -0.05) is 6.92 Å². The Morgan fingerprint density at radius 2 is 1.67 bits per heavy atom. The Labute approximate surface area is 105 Å². The molecule has 0 unspecified atom stereocenters. The predicted molar refractivity (Wildman–Crippen MR) is 63.1 cm³/mol. The maximum atomic E-state index is 11.4. The van der Waals surface area contributed by atoms with Crippen molar-refractivity contribution in [2.45, 2.75) is 26.3 Å². The van der Waals surface area contributed by atoms with E-state index in [2.05, 4.69) is 16.0 Å². The molecule has 0 saturated carbocycles. The van der Waals surface area contributed by atoms with Gasteiger partial charge in [-0.25, -0.2) is 0 Å². The minimum absolute atomic E-state index is 0.194. The zero-order valence-corrected chi connectivity index (χ0v) is 10.4. The lowest BCUT2D eigenvalue weighted by atomic mass is 10.3. The summed E-state index contributed by atoms with van der Waals surface area (Å²) in [6.07, 6.45) is 0.280. The smallest absolute Gasteiger partial charge is 0.242 e. The molecule has 0 fully saturated rings. The van der Waals surface area contributed by atoms with Crippen molar-refractivity contribution in [3.05, 3.63) is 0 Å². The van der Waals surface area contributed by atoms with Crippen LogP contribution in [0.4, 0.5) is 0 Å². The predicted octanol–water partition coefficient (Wildman–Crippen LogP) is -2.38. The van der Waals surface area contributed by atoms with Crippen LogP contribution in [-0.2, 0) is 19.2 Å². The number of hydrogen-bond donors (Lipinski definition) is 4. The van der Waals surface area contributed by atoms with Gasteiger partial charge in [0.25, 0.3) is 0 Å². The molecule has 0 aromatic heterocycles. The number of carbonyl (C=O) groups is 4. The first-order valence-electron chi connectivity index (χ1n) is 5.48. The molecule has 0 rings (SSSR count). The Morgan fingerprint density at radius 1 is 1.06 bits per heavy atom. The zero-order chi connectivity index (χ0) is 14.1. The van der Waals surface area contributed by atoms with E-state index in [0.717, 1.165) is 0 Å². The summed E-state index contributed by atoms with van der Waals surface area (Å²) in [7, 11) is 0. The number of primary amides is 1. The Bertz CT molecular complexity index is 343. The summed E-state index contributed by atoms with van der Waals surface area (Å²) in [6.45, 7) is 2.63. The maximum absolute atomic E-state index is 11.4. The molecule has 0 aliphatic carbocycles. The second-order valence-corrected chi connectivity index (χ2v) is 3.60. The molecule has 0 bridgehead atoms. The van der Waals surface area contributed by atoms with E-state index in [1.807, 2.05) is 0 Å². The van der Waals surface area contributed by atoms with Crippen LogP contribution in [0.1, 0.15) is 20.3 Å². The lowest BCUT2D eigenvalue weighted by Gasteiger charge is -2.13. The van der Waals surface area contributed by atoms with E-state index >= 15 is 0 Å². The standard InChI is InChI=1S/C10H18N4O4/c1-3-8(16)12-5-9(17)14-6(2)10(18)13-4-7(11)15/h6H,3-5H2,1-2H3,(H2,11,15)(H,12,16)(H,13,18)(H,14,17)/t6-/m0/s1. The molecular weight excluding hydrogens is 240 g/mol. The van der Waals surface area contributed by atoms with Crippen molar-refractivity contribution in [2.24, 2.45) is 5.73 Å².